The third-order valence-corrected chi connectivity index (χ3v) is 5.28. The predicted octanol–water partition coefficient (Wildman–Crippen LogP) is 5.80. The zero-order chi connectivity index (χ0) is 21.1. The van der Waals surface area contributed by atoms with Crippen molar-refractivity contribution in [1.82, 2.24) is 20.5 Å². The molecule has 4 rings (SSSR count). The van der Waals surface area contributed by atoms with Crippen LogP contribution in [0.25, 0.3) is 22.2 Å². The van der Waals surface area contributed by atoms with Crippen molar-refractivity contribution in [2.45, 2.75) is 26.3 Å². The summed E-state index contributed by atoms with van der Waals surface area (Å²) in [6, 6.07) is 16.9. The molecule has 152 valence electrons. The highest BCUT2D eigenvalue weighted by atomic mass is 35.5. The van der Waals surface area contributed by atoms with Crippen LogP contribution in [-0.2, 0) is 0 Å². The number of amides is 1. The molecular weight excluding hydrogens is 396 g/mol. The largest absolute Gasteiger partial charge is 0.345 e. The normalized spacial score (nSPS) is 12.3. The van der Waals surface area contributed by atoms with Gasteiger partial charge in [-0.3, -0.25) is 14.9 Å². The van der Waals surface area contributed by atoms with E-state index in [9.17, 15) is 4.79 Å². The van der Waals surface area contributed by atoms with E-state index in [1.165, 1.54) is 0 Å². The van der Waals surface area contributed by atoms with E-state index in [0.717, 1.165) is 34.1 Å². The van der Waals surface area contributed by atoms with Crippen molar-refractivity contribution in [2.24, 2.45) is 5.92 Å². The zero-order valence-electron chi connectivity index (χ0n) is 16.9. The van der Waals surface area contributed by atoms with Crippen molar-refractivity contribution in [3.63, 3.8) is 0 Å². The predicted molar refractivity (Wildman–Crippen MR) is 120 cm³/mol. The third-order valence-electron chi connectivity index (χ3n) is 5.04. The molecule has 1 atom stereocenters. The Balaban J connectivity index is 1.64. The minimum atomic E-state index is -0.121. The summed E-state index contributed by atoms with van der Waals surface area (Å²) >= 11 is 6.18. The molecule has 5 nitrogen and oxygen atoms in total. The van der Waals surface area contributed by atoms with Crippen molar-refractivity contribution in [3.05, 3.63) is 83.1 Å². The molecule has 2 aromatic carbocycles. The molecule has 1 unspecified atom stereocenters. The van der Waals surface area contributed by atoms with E-state index < -0.39 is 0 Å². The van der Waals surface area contributed by atoms with Crippen LogP contribution in [0.4, 0.5) is 0 Å². The summed E-state index contributed by atoms with van der Waals surface area (Å²) in [5.41, 5.74) is 4.23. The van der Waals surface area contributed by atoms with Crippen molar-refractivity contribution < 1.29 is 4.79 Å². The molecule has 2 aromatic heterocycles. The molecule has 1 amide bonds. The van der Waals surface area contributed by atoms with Crippen LogP contribution in [0.2, 0.25) is 5.02 Å². The van der Waals surface area contributed by atoms with Gasteiger partial charge in [-0.1, -0.05) is 37.6 Å². The van der Waals surface area contributed by atoms with Crippen molar-refractivity contribution >= 4 is 28.4 Å². The van der Waals surface area contributed by atoms with Crippen LogP contribution in [0.3, 0.4) is 0 Å². The lowest BCUT2D eigenvalue weighted by molar-refractivity contribution is 0.0932. The molecule has 6 heteroatoms. The van der Waals surface area contributed by atoms with Gasteiger partial charge in [0.15, 0.2) is 0 Å². The summed E-state index contributed by atoms with van der Waals surface area (Å²) in [5.74, 6) is 0.299. The van der Waals surface area contributed by atoms with Crippen LogP contribution >= 0.6 is 11.6 Å². The molecule has 0 fully saturated rings. The molecule has 4 aromatic rings. The molecule has 0 aliphatic carbocycles. The maximum Gasteiger partial charge on any atom is 0.251 e. The first kappa shape index (κ1) is 20.1. The van der Waals surface area contributed by atoms with E-state index in [1.807, 2.05) is 54.6 Å². The highest BCUT2D eigenvalue weighted by Crippen LogP contribution is 2.28. The summed E-state index contributed by atoms with van der Waals surface area (Å²) in [5, 5.41) is 12.2. The minimum absolute atomic E-state index is 0.115. The van der Waals surface area contributed by atoms with Crippen LogP contribution in [0.1, 0.15) is 42.2 Å². The fourth-order valence-electron chi connectivity index (χ4n) is 3.60. The maximum atomic E-state index is 13.1. The number of carbonyl (C=O) groups is 1. The van der Waals surface area contributed by atoms with Gasteiger partial charge in [0.05, 0.1) is 11.6 Å². The first-order valence-corrected chi connectivity index (χ1v) is 10.3. The zero-order valence-corrected chi connectivity index (χ0v) is 17.6. The van der Waals surface area contributed by atoms with Gasteiger partial charge in [-0.15, -0.1) is 0 Å². The van der Waals surface area contributed by atoms with E-state index in [0.29, 0.717) is 16.5 Å². The summed E-state index contributed by atoms with van der Waals surface area (Å²) in [6.45, 7) is 4.28. The number of halogens is 1. The summed E-state index contributed by atoms with van der Waals surface area (Å²) in [6.07, 6.45) is 4.28. The van der Waals surface area contributed by atoms with Crippen LogP contribution in [0, 0.1) is 5.92 Å². The lowest BCUT2D eigenvalue weighted by Gasteiger charge is -2.21. The Hall–Kier alpha value is -3.18. The number of aromatic amines is 1. The van der Waals surface area contributed by atoms with Gasteiger partial charge in [0.2, 0.25) is 0 Å². The van der Waals surface area contributed by atoms with Crippen LogP contribution in [0.15, 0.2) is 67.0 Å². The first-order valence-electron chi connectivity index (χ1n) is 9.96. The molecular formula is C24H23ClN4O. The molecule has 0 spiro atoms. The molecule has 30 heavy (non-hydrogen) atoms. The Morgan fingerprint density at radius 3 is 2.63 bits per heavy atom. The second-order valence-corrected chi connectivity index (χ2v) is 8.22. The fourth-order valence-corrected chi connectivity index (χ4v) is 3.80. The molecule has 0 saturated carbocycles. The third kappa shape index (κ3) is 4.36. The van der Waals surface area contributed by atoms with Crippen molar-refractivity contribution in [3.8, 4) is 11.3 Å². The van der Waals surface area contributed by atoms with Gasteiger partial charge < -0.3 is 5.32 Å². The average molecular weight is 419 g/mol. The molecule has 0 radical (unpaired) electrons. The summed E-state index contributed by atoms with van der Waals surface area (Å²) < 4.78 is 0. The quantitative estimate of drug-likeness (QED) is 0.416. The Kier molecular flexibility index (Phi) is 5.81. The molecule has 2 N–H and O–H groups in total. The minimum Gasteiger partial charge on any atom is -0.345 e. The SMILES string of the molecule is CC(C)CC(NC(=O)c1ccc2[nH]nc(-c3ccncc3)c2c1)c1cccc(Cl)c1. The first-order chi connectivity index (χ1) is 14.5. The average Bonchev–Trinajstić information content (AvgIpc) is 3.17. The Morgan fingerprint density at radius 1 is 1.10 bits per heavy atom. The van der Waals surface area contributed by atoms with Crippen molar-refractivity contribution in [1.29, 1.82) is 0 Å². The smallest absolute Gasteiger partial charge is 0.251 e. The second-order valence-electron chi connectivity index (χ2n) is 7.78. The number of H-pyrrole nitrogens is 1. The van der Waals surface area contributed by atoms with E-state index in [2.05, 4.69) is 34.3 Å². The van der Waals surface area contributed by atoms with E-state index >= 15 is 0 Å². The number of hydrogen-bond donors (Lipinski definition) is 2. The maximum absolute atomic E-state index is 13.1. The van der Waals surface area contributed by atoms with Gasteiger partial charge >= 0.3 is 0 Å². The van der Waals surface area contributed by atoms with Gasteiger partial charge in [-0.2, -0.15) is 5.10 Å². The molecule has 0 aliphatic heterocycles. The lowest BCUT2D eigenvalue weighted by Crippen LogP contribution is -2.29. The molecule has 0 bridgehead atoms. The standard InChI is InChI=1S/C24H23ClN4O/c1-15(2)12-22(17-4-3-5-19(25)13-17)27-24(30)18-6-7-21-20(14-18)23(29-28-21)16-8-10-26-11-9-16/h3-11,13-15,22H,12H2,1-2H3,(H,27,30)(H,28,29). The Bertz CT molecular complexity index is 1170. The van der Waals surface area contributed by atoms with Gasteiger partial charge in [0, 0.05) is 33.9 Å². The number of benzene rings is 2. The van der Waals surface area contributed by atoms with E-state index in [-0.39, 0.29) is 11.9 Å². The summed E-state index contributed by atoms with van der Waals surface area (Å²) in [7, 11) is 0. The number of nitrogens with one attached hydrogen (secondary N) is 2. The Morgan fingerprint density at radius 2 is 1.90 bits per heavy atom. The number of fused-ring (bicyclic) bond motifs is 1. The highest BCUT2D eigenvalue weighted by Gasteiger charge is 2.19. The fraction of sp³-hybridized carbons (Fsp3) is 0.208. The van der Waals surface area contributed by atoms with Crippen molar-refractivity contribution in [2.75, 3.05) is 0 Å². The number of rotatable bonds is 6. The highest BCUT2D eigenvalue weighted by molar-refractivity contribution is 6.30. The molecule has 2 heterocycles. The van der Waals surface area contributed by atoms with Gasteiger partial charge in [-0.05, 0) is 60.4 Å². The monoisotopic (exact) mass is 418 g/mol. The second kappa shape index (κ2) is 8.67. The topological polar surface area (TPSA) is 70.7 Å². The molecule has 0 saturated heterocycles. The number of carbonyl (C=O) groups excluding carboxylic acids is 1. The van der Waals surface area contributed by atoms with Crippen LogP contribution in [0.5, 0.6) is 0 Å². The van der Waals surface area contributed by atoms with Gasteiger partial charge in [-0.25, -0.2) is 0 Å². The van der Waals surface area contributed by atoms with Gasteiger partial charge in [0.1, 0.15) is 5.69 Å². The van der Waals surface area contributed by atoms with Crippen LogP contribution < -0.4 is 5.32 Å². The van der Waals surface area contributed by atoms with Crippen LogP contribution in [-0.4, -0.2) is 21.1 Å². The Labute approximate surface area is 180 Å². The lowest BCUT2D eigenvalue weighted by atomic mass is 9.96. The number of nitrogens with zero attached hydrogens (tertiary/aromatic N) is 2. The summed E-state index contributed by atoms with van der Waals surface area (Å²) in [4.78, 5) is 17.2. The van der Waals surface area contributed by atoms with E-state index in [4.69, 9.17) is 11.6 Å². The number of hydrogen-bond acceptors (Lipinski definition) is 3. The molecule has 0 aliphatic rings. The number of aromatic nitrogens is 3. The van der Waals surface area contributed by atoms with Gasteiger partial charge in [0.25, 0.3) is 5.91 Å². The number of pyridine rings is 1. The van der Waals surface area contributed by atoms with E-state index in [1.54, 1.807) is 12.4 Å².